The number of rotatable bonds is 3. The second-order valence-electron chi connectivity index (χ2n) is 9.69. The summed E-state index contributed by atoms with van der Waals surface area (Å²) in [5.74, 6) is -0.395. The van der Waals surface area contributed by atoms with Crippen molar-refractivity contribution in [3.05, 3.63) is 70.0 Å². The molecule has 174 valence electrons. The van der Waals surface area contributed by atoms with E-state index in [1.807, 2.05) is 23.1 Å². The highest BCUT2D eigenvalue weighted by atomic mass is 19.1. The standard InChI is InChI=1S/C27H32FN3O2/c1-19-6-7-22(17-25(19)28)27(33)31-13-10-20-16-21(8-9-23(20)18-31)26(32)30-12-3-11-29(14-15-30)24-4-2-5-24/h6-9,16-17,24H,2-5,10-15,18H2,1H3. The third kappa shape index (κ3) is 4.54. The molecule has 1 aliphatic carbocycles. The van der Waals surface area contributed by atoms with Crippen LogP contribution in [0.25, 0.3) is 0 Å². The van der Waals surface area contributed by atoms with Crippen LogP contribution < -0.4 is 0 Å². The Bertz CT molecular complexity index is 1070. The molecule has 0 radical (unpaired) electrons. The van der Waals surface area contributed by atoms with Gasteiger partial charge in [-0.25, -0.2) is 4.39 Å². The van der Waals surface area contributed by atoms with Crippen LogP contribution in [0.4, 0.5) is 4.39 Å². The largest absolute Gasteiger partial charge is 0.337 e. The molecule has 0 aromatic heterocycles. The molecular weight excluding hydrogens is 417 g/mol. The molecule has 2 aromatic rings. The Balaban J connectivity index is 1.24. The van der Waals surface area contributed by atoms with Crippen LogP contribution in [0.1, 0.15) is 63.1 Å². The van der Waals surface area contributed by atoms with Crippen molar-refractivity contribution in [1.82, 2.24) is 14.7 Å². The van der Waals surface area contributed by atoms with Gasteiger partial charge < -0.3 is 9.80 Å². The molecule has 0 atom stereocenters. The molecule has 0 spiro atoms. The number of benzene rings is 2. The maximum absolute atomic E-state index is 13.9. The average molecular weight is 450 g/mol. The summed E-state index contributed by atoms with van der Waals surface area (Å²) < 4.78 is 13.9. The van der Waals surface area contributed by atoms with Gasteiger partial charge in [0.25, 0.3) is 11.8 Å². The van der Waals surface area contributed by atoms with E-state index in [0.29, 0.717) is 30.6 Å². The Hall–Kier alpha value is -2.73. The lowest BCUT2D eigenvalue weighted by Crippen LogP contribution is -2.42. The molecule has 0 unspecified atom stereocenters. The van der Waals surface area contributed by atoms with Crippen LogP contribution in [-0.4, -0.2) is 65.3 Å². The zero-order valence-electron chi connectivity index (χ0n) is 19.4. The summed E-state index contributed by atoms with van der Waals surface area (Å²) in [6.07, 6.45) is 5.67. The number of fused-ring (bicyclic) bond motifs is 1. The Kier molecular flexibility index (Phi) is 6.19. The van der Waals surface area contributed by atoms with Crippen LogP contribution in [0.5, 0.6) is 0 Å². The van der Waals surface area contributed by atoms with E-state index in [4.69, 9.17) is 0 Å². The molecule has 2 fully saturated rings. The van der Waals surface area contributed by atoms with Gasteiger partial charge in [-0.2, -0.15) is 0 Å². The first-order chi connectivity index (χ1) is 16.0. The van der Waals surface area contributed by atoms with E-state index >= 15 is 0 Å². The smallest absolute Gasteiger partial charge is 0.254 e. The van der Waals surface area contributed by atoms with E-state index in [1.165, 1.54) is 25.3 Å². The van der Waals surface area contributed by atoms with Gasteiger partial charge in [-0.1, -0.05) is 18.6 Å². The lowest BCUT2D eigenvalue weighted by atomic mass is 9.91. The predicted octanol–water partition coefficient (Wildman–Crippen LogP) is 4.03. The molecule has 1 saturated heterocycles. The normalized spacial score (nSPS) is 19.6. The highest BCUT2D eigenvalue weighted by Gasteiger charge is 2.29. The van der Waals surface area contributed by atoms with Crippen molar-refractivity contribution >= 4 is 11.8 Å². The maximum Gasteiger partial charge on any atom is 0.254 e. The number of hydrogen-bond acceptors (Lipinski definition) is 3. The van der Waals surface area contributed by atoms with E-state index in [9.17, 15) is 14.0 Å². The monoisotopic (exact) mass is 449 g/mol. The summed E-state index contributed by atoms with van der Waals surface area (Å²) in [6.45, 7) is 6.41. The van der Waals surface area contributed by atoms with Gasteiger partial charge in [-0.3, -0.25) is 14.5 Å². The number of amides is 2. The summed E-state index contributed by atoms with van der Waals surface area (Å²) in [5, 5.41) is 0. The minimum Gasteiger partial charge on any atom is -0.337 e. The van der Waals surface area contributed by atoms with Crippen molar-refractivity contribution in [1.29, 1.82) is 0 Å². The van der Waals surface area contributed by atoms with E-state index in [1.54, 1.807) is 24.0 Å². The maximum atomic E-state index is 13.9. The molecule has 5 nitrogen and oxygen atoms in total. The summed E-state index contributed by atoms with van der Waals surface area (Å²) in [4.78, 5) is 32.4. The van der Waals surface area contributed by atoms with Gasteiger partial charge in [0.2, 0.25) is 0 Å². The number of carbonyl (C=O) groups excluding carboxylic acids is 2. The van der Waals surface area contributed by atoms with Gasteiger partial charge in [0.1, 0.15) is 5.82 Å². The lowest BCUT2D eigenvalue weighted by molar-refractivity contribution is 0.0727. The third-order valence-corrected chi connectivity index (χ3v) is 7.58. The summed E-state index contributed by atoms with van der Waals surface area (Å²) >= 11 is 0. The molecule has 0 bridgehead atoms. The number of halogens is 1. The molecule has 2 aliphatic heterocycles. The van der Waals surface area contributed by atoms with Gasteiger partial charge in [0.15, 0.2) is 0 Å². The van der Waals surface area contributed by atoms with E-state index in [-0.39, 0.29) is 17.6 Å². The zero-order chi connectivity index (χ0) is 22.9. The quantitative estimate of drug-likeness (QED) is 0.711. The minimum absolute atomic E-state index is 0.113. The second-order valence-corrected chi connectivity index (χ2v) is 9.69. The molecule has 0 N–H and O–H groups in total. The highest BCUT2D eigenvalue weighted by Crippen LogP contribution is 2.27. The van der Waals surface area contributed by atoms with Crippen molar-refractivity contribution in [2.75, 3.05) is 32.7 Å². The van der Waals surface area contributed by atoms with Gasteiger partial charge in [0.05, 0.1) is 0 Å². The third-order valence-electron chi connectivity index (χ3n) is 7.58. The van der Waals surface area contributed by atoms with Crippen molar-refractivity contribution in [3.63, 3.8) is 0 Å². The fourth-order valence-electron chi connectivity index (χ4n) is 5.21. The van der Waals surface area contributed by atoms with E-state index in [0.717, 1.165) is 55.3 Å². The second kappa shape index (κ2) is 9.26. The highest BCUT2D eigenvalue weighted by molar-refractivity contribution is 5.95. The van der Waals surface area contributed by atoms with Crippen molar-refractivity contribution in [3.8, 4) is 0 Å². The van der Waals surface area contributed by atoms with Gasteiger partial charge in [-0.15, -0.1) is 0 Å². The molecule has 2 aromatic carbocycles. The molecule has 5 rings (SSSR count). The predicted molar refractivity (Wildman–Crippen MR) is 126 cm³/mol. The topological polar surface area (TPSA) is 43.9 Å². The van der Waals surface area contributed by atoms with Crippen LogP contribution in [0.2, 0.25) is 0 Å². The van der Waals surface area contributed by atoms with Crippen molar-refractivity contribution in [2.45, 2.75) is 51.6 Å². The fourth-order valence-corrected chi connectivity index (χ4v) is 5.21. The number of aryl methyl sites for hydroxylation is 1. The molecule has 33 heavy (non-hydrogen) atoms. The number of carbonyl (C=O) groups is 2. The zero-order valence-corrected chi connectivity index (χ0v) is 19.4. The van der Waals surface area contributed by atoms with Crippen LogP contribution in [-0.2, 0) is 13.0 Å². The average Bonchev–Trinajstić information content (AvgIpc) is 3.04. The number of hydrogen-bond donors (Lipinski definition) is 0. The first-order valence-electron chi connectivity index (χ1n) is 12.2. The van der Waals surface area contributed by atoms with Crippen LogP contribution in [0.15, 0.2) is 36.4 Å². The lowest BCUT2D eigenvalue weighted by Gasteiger charge is -2.36. The van der Waals surface area contributed by atoms with Gasteiger partial charge in [-0.05, 0) is 73.6 Å². The van der Waals surface area contributed by atoms with Crippen LogP contribution in [0, 0.1) is 12.7 Å². The fraction of sp³-hybridized carbons (Fsp3) is 0.481. The Morgan fingerprint density at radius 2 is 1.58 bits per heavy atom. The minimum atomic E-state index is -0.356. The first kappa shape index (κ1) is 22.1. The van der Waals surface area contributed by atoms with E-state index in [2.05, 4.69) is 4.90 Å². The van der Waals surface area contributed by atoms with Crippen LogP contribution >= 0.6 is 0 Å². The van der Waals surface area contributed by atoms with Crippen LogP contribution in [0.3, 0.4) is 0 Å². The Morgan fingerprint density at radius 3 is 2.33 bits per heavy atom. The summed E-state index contributed by atoms with van der Waals surface area (Å²) in [5.41, 5.74) is 3.85. The molecule has 6 heteroatoms. The molecule has 2 amide bonds. The SMILES string of the molecule is Cc1ccc(C(=O)N2CCc3cc(C(=O)N4CCCN(C5CCC5)CC4)ccc3C2)cc1F. The molecule has 2 heterocycles. The number of nitrogens with zero attached hydrogens (tertiary/aromatic N) is 3. The Labute approximate surface area is 195 Å². The first-order valence-corrected chi connectivity index (χ1v) is 12.2. The summed E-state index contributed by atoms with van der Waals surface area (Å²) in [6, 6.07) is 11.3. The van der Waals surface area contributed by atoms with Crippen molar-refractivity contribution in [2.24, 2.45) is 0 Å². The molecule has 3 aliphatic rings. The Morgan fingerprint density at radius 1 is 0.818 bits per heavy atom. The van der Waals surface area contributed by atoms with Gasteiger partial charge >= 0.3 is 0 Å². The van der Waals surface area contributed by atoms with Crippen molar-refractivity contribution < 1.29 is 14.0 Å². The molecular formula is C27H32FN3O2. The van der Waals surface area contributed by atoms with Gasteiger partial charge in [0, 0.05) is 56.4 Å². The summed E-state index contributed by atoms with van der Waals surface area (Å²) in [7, 11) is 0. The molecule has 1 saturated carbocycles. The van der Waals surface area contributed by atoms with E-state index < -0.39 is 0 Å².